The molecule has 3 heteroatoms. The molecule has 0 aliphatic heterocycles. The molecule has 0 aliphatic carbocycles. The van der Waals surface area contributed by atoms with Crippen LogP contribution in [0, 0.1) is 0 Å². The second-order valence-corrected chi connectivity index (χ2v) is 3.80. The van der Waals surface area contributed by atoms with Crippen molar-refractivity contribution in [3.63, 3.8) is 0 Å². The summed E-state index contributed by atoms with van der Waals surface area (Å²) in [6.45, 7) is 3.24. The van der Waals surface area contributed by atoms with Crippen LogP contribution in [0.5, 0.6) is 5.75 Å². The van der Waals surface area contributed by atoms with E-state index in [-0.39, 0.29) is 6.61 Å². The van der Waals surface area contributed by atoms with E-state index in [1.807, 2.05) is 12.1 Å². The van der Waals surface area contributed by atoms with Gasteiger partial charge in [-0.2, -0.15) is 0 Å². The fraction of sp³-hybridized carbons (Fsp3) is 0.385. The van der Waals surface area contributed by atoms with Crippen molar-refractivity contribution in [2.24, 2.45) is 0 Å². The highest BCUT2D eigenvalue weighted by Gasteiger charge is 2.08. The van der Waals surface area contributed by atoms with Gasteiger partial charge in [-0.1, -0.05) is 0 Å². The minimum absolute atomic E-state index is 0.181. The lowest BCUT2D eigenvalue weighted by Crippen LogP contribution is -1.91. The third-order valence-electron chi connectivity index (χ3n) is 2.89. The number of hydrogen-bond acceptors (Lipinski definition) is 2. The summed E-state index contributed by atoms with van der Waals surface area (Å²) in [5.74, 6) is 0.862. The molecular formula is C13H17NO2. The molecule has 1 aromatic heterocycles. The first-order valence-electron chi connectivity index (χ1n) is 5.56. The number of nitrogens with zero attached hydrogens (tertiary/aromatic N) is 1. The number of fused-ring (bicyclic) bond motifs is 1. The first-order chi connectivity index (χ1) is 7.80. The molecule has 3 nitrogen and oxygen atoms in total. The van der Waals surface area contributed by atoms with E-state index in [0.29, 0.717) is 6.42 Å². The SMILES string of the molecule is CCn1cc(CCO)c2cc(OC)ccc21. The predicted octanol–water partition coefficient (Wildman–Crippen LogP) is 2.20. The Labute approximate surface area is 95.3 Å². The molecule has 1 N–H and O–H groups in total. The molecule has 0 spiro atoms. The number of aliphatic hydroxyl groups is 1. The third-order valence-corrected chi connectivity index (χ3v) is 2.89. The van der Waals surface area contributed by atoms with Crippen molar-refractivity contribution in [2.45, 2.75) is 19.9 Å². The topological polar surface area (TPSA) is 34.4 Å². The standard InChI is InChI=1S/C13H17NO2/c1-3-14-9-10(6-7-15)12-8-11(16-2)4-5-13(12)14/h4-5,8-9,15H,3,6-7H2,1-2H3. The zero-order valence-electron chi connectivity index (χ0n) is 9.73. The molecule has 0 amide bonds. The van der Waals surface area contributed by atoms with E-state index >= 15 is 0 Å². The second-order valence-electron chi connectivity index (χ2n) is 3.80. The number of aromatic nitrogens is 1. The Hall–Kier alpha value is -1.48. The van der Waals surface area contributed by atoms with Crippen molar-refractivity contribution in [3.05, 3.63) is 30.0 Å². The highest BCUT2D eigenvalue weighted by molar-refractivity contribution is 5.85. The van der Waals surface area contributed by atoms with Gasteiger partial charge >= 0.3 is 0 Å². The van der Waals surface area contributed by atoms with Gasteiger partial charge in [-0.3, -0.25) is 0 Å². The summed E-state index contributed by atoms with van der Waals surface area (Å²) < 4.78 is 7.42. The van der Waals surface area contributed by atoms with Gasteiger partial charge in [0.05, 0.1) is 7.11 Å². The van der Waals surface area contributed by atoms with Gasteiger partial charge in [-0.15, -0.1) is 0 Å². The zero-order valence-corrected chi connectivity index (χ0v) is 9.73. The molecule has 0 bridgehead atoms. The Kier molecular flexibility index (Phi) is 3.15. The van der Waals surface area contributed by atoms with E-state index in [4.69, 9.17) is 9.84 Å². The van der Waals surface area contributed by atoms with Crippen LogP contribution in [0.3, 0.4) is 0 Å². The highest BCUT2D eigenvalue weighted by Crippen LogP contribution is 2.26. The Morgan fingerprint density at radius 3 is 2.81 bits per heavy atom. The smallest absolute Gasteiger partial charge is 0.119 e. The normalized spacial score (nSPS) is 10.9. The Bertz CT molecular complexity index is 488. The molecule has 1 aromatic carbocycles. The number of rotatable bonds is 4. The molecule has 0 fully saturated rings. The number of aryl methyl sites for hydroxylation is 1. The summed E-state index contributed by atoms with van der Waals surface area (Å²) in [7, 11) is 1.67. The monoisotopic (exact) mass is 219 g/mol. The number of methoxy groups -OCH3 is 1. The van der Waals surface area contributed by atoms with E-state index < -0.39 is 0 Å². The first-order valence-corrected chi connectivity index (χ1v) is 5.56. The quantitative estimate of drug-likeness (QED) is 0.855. The van der Waals surface area contributed by atoms with Crippen LogP contribution in [0.1, 0.15) is 12.5 Å². The maximum absolute atomic E-state index is 9.05. The average Bonchev–Trinajstić information content (AvgIpc) is 2.67. The third kappa shape index (κ3) is 1.78. The molecule has 86 valence electrons. The average molecular weight is 219 g/mol. The predicted molar refractivity (Wildman–Crippen MR) is 65.0 cm³/mol. The molecule has 0 saturated carbocycles. The molecule has 0 saturated heterocycles. The van der Waals surface area contributed by atoms with Gasteiger partial charge in [0.15, 0.2) is 0 Å². The highest BCUT2D eigenvalue weighted by atomic mass is 16.5. The molecule has 1 heterocycles. The molecule has 2 rings (SSSR count). The van der Waals surface area contributed by atoms with Crippen LogP contribution in [0.15, 0.2) is 24.4 Å². The minimum Gasteiger partial charge on any atom is -0.497 e. The molecule has 2 aromatic rings. The maximum atomic E-state index is 9.05. The minimum atomic E-state index is 0.181. The Morgan fingerprint density at radius 2 is 2.19 bits per heavy atom. The number of benzene rings is 1. The van der Waals surface area contributed by atoms with Gasteiger partial charge in [0.25, 0.3) is 0 Å². The van der Waals surface area contributed by atoms with Crippen LogP contribution in [0.25, 0.3) is 10.9 Å². The Morgan fingerprint density at radius 1 is 1.38 bits per heavy atom. The van der Waals surface area contributed by atoms with E-state index in [0.717, 1.165) is 12.3 Å². The fourth-order valence-corrected chi connectivity index (χ4v) is 2.06. The molecule has 0 aliphatic rings. The van der Waals surface area contributed by atoms with Crippen LogP contribution in [0.2, 0.25) is 0 Å². The van der Waals surface area contributed by atoms with Gasteiger partial charge in [0.1, 0.15) is 5.75 Å². The first kappa shape index (κ1) is 11.0. The van der Waals surface area contributed by atoms with E-state index in [2.05, 4.69) is 23.8 Å². The summed E-state index contributed by atoms with van der Waals surface area (Å²) in [5, 5.41) is 10.2. The second kappa shape index (κ2) is 4.58. The van der Waals surface area contributed by atoms with Crippen molar-refractivity contribution in [3.8, 4) is 5.75 Å². The summed E-state index contributed by atoms with van der Waals surface area (Å²) in [5.41, 5.74) is 2.38. The number of ether oxygens (including phenoxy) is 1. The van der Waals surface area contributed by atoms with Crippen molar-refractivity contribution < 1.29 is 9.84 Å². The molecule has 0 unspecified atom stereocenters. The largest absolute Gasteiger partial charge is 0.497 e. The van der Waals surface area contributed by atoms with Gasteiger partial charge in [0.2, 0.25) is 0 Å². The van der Waals surface area contributed by atoms with E-state index in [1.54, 1.807) is 7.11 Å². The molecule has 0 atom stereocenters. The van der Waals surface area contributed by atoms with Crippen LogP contribution < -0.4 is 4.74 Å². The van der Waals surface area contributed by atoms with Crippen molar-refractivity contribution in [2.75, 3.05) is 13.7 Å². The fourth-order valence-electron chi connectivity index (χ4n) is 2.06. The molecule has 16 heavy (non-hydrogen) atoms. The summed E-state index contributed by atoms with van der Waals surface area (Å²) >= 11 is 0. The summed E-state index contributed by atoms with van der Waals surface area (Å²) in [6.07, 6.45) is 2.80. The summed E-state index contributed by atoms with van der Waals surface area (Å²) in [6, 6.07) is 6.07. The number of hydrogen-bond donors (Lipinski definition) is 1. The van der Waals surface area contributed by atoms with Crippen LogP contribution >= 0.6 is 0 Å². The molecule has 0 radical (unpaired) electrons. The lowest BCUT2D eigenvalue weighted by molar-refractivity contribution is 0.300. The van der Waals surface area contributed by atoms with Gasteiger partial charge in [-0.25, -0.2) is 0 Å². The van der Waals surface area contributed by atoms with Gasteiger partial charge < -0.3 is 14.4 Å². The number of aliphatic hydroxyl groups excluding tert-OH is 1. The van der Waals surface area contributed by atoms with E-state index in [9.17, 15) is 0 Å². The van der Waals surface area contributed by atoms with E-state index in [1.165, 1.54) is 16.5 Å². The molecular weight excluding hydrogens is 202 g/mol. The summed E-state index contributed by atoms with van der Waals surface area (Å²) in [4.78, 5) is 0. The van der Waals surface area contributed by atoms with Gasteiger partial charge in [-0.05, 0) is 37.1 Å². The van der Waals surface area contributed by atoms with Crippen molar-refractivity contribution >= 4 is 10.9 Å². The maximum Gasteiger partial charge on any atom is 0.119 e. The Balaban J connectivity index is 2.60. The van der Waals surface area contributed by atoms with Crippen molar-refractivity contribution in [1.82, 2.24) is 4.57 Å². The van der Waals surface area contributed by atoms with Crippen LogP contribution in [-0.2, 0) is 13.0 Å². The van der Waals surface area contributed by atoms with Crippen LogP contribution in [0.4, 0.5) is 0 Å². The lowest BCUT2D eigenvalue weighted by Gasteiger charge is -2.02. The van der Waals surface area contributed by atoms with Crippen molar-refractivity contribution in [1.29, 1.82) is 0 Å². The van der Waals surface area contributed by atoms with Gasteiger partial charge in [0, 0.05) is 30.3 Å². The zero-order chi connectivity index (χ0) is 11.5. The lowest BCUT2D eigenvalue weighted by atomic mass is 10.1. The van der Waals surface area contributed by atoms with Crippen LogP contribution in [-0.4, -0.2) is 23.4 Å².